The number of nitriles is 1. The van der Waals surface area contributed by atoms with Crippen molar-refractivity contribution in [2.75, 3.05) is 13.1 Å². The Hall–Kier alpha value is -2.87. The summed E-state index contributed by atoms with van der Waals surface area (Å²) >= 11 is 0. The third-order valence-electron chi connectivity index (χ3n) is 3.94. The van der Waals surface area contributed by atoms with Gasteiger partial charge in [0.2, 0.25) is 0 Å². The fourth-order valence-electron chi connectivity index (χ4n) is 2.46. The van der Waals surface area contributed by atoms with Crippen LogP contribution >= 0.6 is 0 Å². The maximum atomic E-state index is 12.7. The summed E-state index contributed by atoms with van der Waals surface area (Å²) in [6.45, 7) is 1.23. The number of carbonyl (C=O) groups excluding carboxylic acids is 1. The molecule has 1 aliphatic carbocycles. The van der Waals surface area contributed by atoms with Gasteiger partial charge in [-0.1, -0.05) is 0 Å². The zero-order chi connectivity index (χ0) is 16.8. The Morgan fingerprint density at radius 2 is 1.83 bits per heavy atom. The molecule has 0 saturated heterocycles. The van der Waals surface area contributed by atoms with Crippen molar-refractivity contribution in [2.45, 2.75) is 19.3 Å². The molecule has 5 nitrogen and oxygen atoms in total. The van der Waals surface area contributed by atoms with Gasteiger partial charge < -0.3 is 9.64 Å². The lowest BCUT2D eigenvalue weighted by molar-refractivity contribution is 0.0751. The number of ether oxygens (including phenoxy) is 1. The highest BCUT2D eigenvalue weighted by molar-refractivity contribution is 5.94. The molecule has 1 aromatic carbocycles. The second kappa shape index (κ2) is 7.60. The highest BCUT2D eigenvalue weighted by Gasteiger charge is 2.27. The lowest BCUT2D eigenvalue weighted by Crippen LogP contribution is -2.33. The minimum Gasteiger partial charge on any atom is -0.457 e. The molecule has 0 aliphatic heterocycles. The van der Waals surface area contributed by atoms with Crippen molar-refractivity contribution in [3.8, 4) is 17.6 Å². The van der Waals surface area contributed by atoms with E-state index in [0.717, 1.165) is 6.54 Å². The van der Waals surface area contributed by atoms with Crippen LogP contribution in [0.15, 0.2) is 48.8 Å². The van der Waals surface area contributed by atoms with Crippen molar-refractivity contribution >= 4 is 5.91 Å². The maximum absolute atomic E-state index is 12.7. The standard InChI is InChI=1S/C19H19N3O2/c20-10-1-13-22(14-15-2-3-15)19(23)16-4-6-17(7-5-16)24-18-8-11-21-12-9-18/h4-9,11-12,15H,1-3,13-14H2. The molecule has 1 fully saturated rings. The van der Waals surface area contributed by atoms with Gasteiger partial charge in [0.05, 0.1) is 12.5 Å². The van der Waals surface area contributed by atoms with E-state index in [0.29, 0.717) is 35.9 Å². The molecule has 1 aromatic heterocycles. The van der Waals surface area contributed by atoms with E-state index in [1.54, 1.807) is 53.7 Å². The van der Waals surface area contributed by atoms with Gasteiger partial charge in [-0.3, -0.25) is 9.78 Å². The van der Waals surface area contributed by atoms with Crippen LogP contribution in [-0.4, -0.2) is 28.9 Å². The van der Waals surface area contributed by atoms with E-state index in [2.05, 4.69) is 11.1 Å². The van der Waals surface area contributed by atoms with Gasteiger partial charge in [0.25, 0.3) is 5.91 Å². The Morgan fingerprint density at radius 3 is 2.46 bits per heavy atom. The molecule has 0 N–H and O–H groups in total. The van der Waals surface area contributed by atoms with Crippen LogP contribution in [-0.2, 0) is 0 Å². The van der Waals surface area contributed by atoms with Crippen LogP contribution < -0.4 is 4.74 Å². The average molecular weight is 321 g/mol. The molecule has 0 unspecified atom stereocenters. The number of hydrogen-bond acceptors (Lipinski definition) is 4. The number of pyridine rings is 1. The fourth-order valence-corrected chi connectivity index (χ4v) is 2.46. The second-order valence-electron chi connectivity index (χ2n) is 5.91. The van der Waals surface area contributed by atoms with Crippen LogP contribution in [0, 0.1) is 17.2 Å². The van der Waals surface area contributed by atoms with Crippen LogP contribution in [0.5, 0.6) is 11.5 Å². The Labute approximate surface area is 141 Å². The molecule has 0 spiro atoms. The molecule has 0 radical (unpaired) electrons. The number of nitrogens with zero attached hydrogens (tertiary/aromatic N) is 3. The molecule has 0 atom stereocenters. The molecule has 2 aromatic rings. The molecular formula is C19H19N3O2. The number of rotatable bonds is 7. The normalized spacial score (nSPS) is 13.1. The lowest BCUT2D eigenvalue weighted by Gasteiger charge is -2.21. The largest absolute Gasteiger partial charge is 0.457 e. The van der Waals surface area contributed by atoms with Crippen LogP contribution in [0.25, 0.3) is 0 Å². The molecule has 1 heterocycles. The Balaban J connectivity index is 1.66. The van der Waals surface area contributed by atoms with Gasteiger partial charge >= 0.3 is 0 Å². The topological polar surface area (TPSA) is 66.2 Å². The van der Waals surface area contributed by atoms with E-state index in [1.165, 1.54) is 12.8 Å². The first-order valence-electron chi connectivity index (χ1n) is 8.10. The predicted octanol–water partition coefficient (Wildman–Crippen LogP) is 3.64. The molecule has 5 heteroatoms. The van der Waals surface area contributed by atoms with E-state index in [9.17, 15) is 4.79 Å². The first kappa shape index (κ1) is 16.0. The quantitative estimate of drug-likeness (QED) is 0.781. The van der Waals surface area contributed by atoms with Crippen molar-refractivity contribution in [3.63, 3.8) is 0 Å². The first-order chi connectivity index (χ1) is 11.8. The summed E-state index contributed by atoms with van der Waals surface area (Å²) in [7, 11) is 0. The summed E-state index contributed by atoms with van der Waals surface area (Å²) in [4.78, 5) is 18.4. The maximum Gasteiger partial charge on any atom is 0.253 e. The summed E-state index contributed by atoms with van der Waals surface area (Å²) in [5.74, 6) is 1.95. The van der Waals surface area contributed by atoms with Gasteiger partial charge in [0.1, 0.15) is 11.5 Å². The minimum absolute atomic E-state index is 0.0207. The summed E-state index contributed by atoms with van der Waals surface area (Å²) in [5, 5.41) is 8.78. The number of benzene rings is 1. The molecule has 0 bridgehead atoms. The summed E-state index contributed by atoms with van der Waals surface area (Å²) < 4.78 is 5.71. The Morgan fingerprint density at radius 1 is 1.17 bits per heavy atom. The zero-order valence-corrected chi connectivity index (χ0v) is 13.4. The van der Waals surface area contributed by atoms with Crippen LogP contribution in [0.4, 0.5) is 0 Å². The van der Waals surface area contributed by atoms with Crippen molar-refractivity contribution in [3.05, 3.63) is 54.4 Å². The third kappa shape index (κ3) is 4.32. The zero-order valence-electron chi connectivity index (χ0n) is 13.4. The first-order valence-corrected chi connectivity index (χ1v) is 8.10. The van der Waals surface area contributed by atoms with Gasteiger partial charge in [-0.25, -0.2) is 0 Å². The summed E-state index contributed by atoms with van der Waals surface area (Å²) in [6, 6.07) is 12.8. The summed E-state index contributed by atoms with van der Waals surface area (Å²) in [6.07, 6.45) is 6.04. The monoisotopic (exact) mass is 321 g/mol. The van der Waals surface area contributed by atoms with E-state index in [4.69, 9.17) is 10.00 Å². The van der Waals surface area contributed by atoms with Crippen LogP contribution in [0.3, 0.4) is 0 Å². The molecule has 1 saturated carbocycles. The minimum atomic E-state index is -0.0207. The molecule has 1 aliphatic rings. The van der Waals surface area contributed by atoms with Gasteiger partial charge in [-0.15, -0.1) is 0 Å². The number of hydrogen-bond donors (Lipinski definition) is 0. The van der Waals surface area contributed by atoms with Gasteiger partial charge in [-0.05, 0) is 55.2 Å². The molecule has 3 rings (SSSR count). The lowest BCUT2D eigenvalue weighted by atomic mass is 10.1. The highest BCUT2D eigenvalue weighted by atomic mass is 16.5. The van der Waals surface area contributed by atoms with Crippen molar-refractivity contribution < 1.29 is 9.53 Å². The third-order valence-corrected chi connectivity index (χ3v) is 3.94. The Bertz CT molecular complexity index is 719. The number of carbonyl (C=O) groups is 1. The van der Waals surface area contributed by atoms with E-state index in [-0.39, 0.29) is 5.91 Å². The van der Waals surface area contributed by atoms with Gasteiger partial charge in [0.15, 0.2) is 0 Å². The molecule has 1 amide bonds. The fraction of sp³-hybridized carbons (Fsp3) is 0.316. The number of amides is 1. The van der Waals surface area contributed by atoms with E-state index in [1.807, 2.05) is 0 Å². The number of aromatic nitrogens is 1. The predicted molar refractivity (Wildman–Crippen MR) is 89.6 cm³/mol. The molecule has 24 heavy (non-hydrogen) atoms. The van der Waals surface area contributed by atoms with E-state index < -0.39 is 0 Å². The molecular weight excluding hydrogens is 302 g/mol. The smallest absolute Gasteiger partial charge is 0.253 e. The molecule has 122 valence electrons. The van der Waals surface area contributed by atoms with Crippen LogP contribution in [0.1, 0.15) is 29.6 Å². The van der Waals surface area contributed by atoms with E-state index >= 15 is 0 Å². The van der Waals surface area contributed by atoms with Crippen molar-refractivity contribution in [2.24, 2.45) is 5.92 Å². The summed E-state index contributed by atoms with van der Waals surface area (Å²) in [5.41, 5.74) is 0.621. The van der Waals surface area contributed by atoms with Crippen LogP contribution in [0.2, 0.25) is 0 Å². The second-order valence-corrected chi connectivity index (χ2v) is 5.91. The van der Waals surface area contributed by atoms with Gasteiger partial charge in [-0.2, -0.15) is 5.26 Å². The van der Waals surface area contributed by atoms with Gasteiger partial charge in [0, 0.05) is 31.0 Å². The van der Waals surface area contributed by atoms with Crippen molar-refractivity contribution in [1.82, 2.24) is 9.88 Å². The highest BCUT2D eigenvalue weighted by Crippen LogP contribution is 2.30. The SMILES string of the molecule is N#CCCN(CC1CC1)C(=O)c1ccc(Oc2ccncc2)cc1. The Kier molecular flexibility index (Phi) is 5.07. The average Bonchev–Trinajstić information content (AvgIpc) is 3.44. The van der Waals surface area contributed by atoms with Crippen molar-refractivity contribution in [1.29, 1.82) is 5.26 Å².